The van der Waals surface area contributed by atoms with E-state index in [0.717, 1.165) is 45.3 Å². The Morgan fingerprint density at radius 2 is 1.53 bits per heavy atom. The highest BCUT2D eigenvalue weighted by atomic mass is 32.2. The number of ether oxygens (including phenoxy) is 2. The Labute approximate surface area is 186 Å². The molecule has 0 fully saturated rings. The first-order chi connectivity index (χ1) is 15.3. The molecule has 0 aromatic heterocycles. The fourth-order valence-corrected chi connectivity index (χ4v) is 4.75. The largest absolute Gasteiger partial charge is 0.460 e. The van der Waals surface area contributed by atoms with Gasteiger partial charge >= 0.3 is 5.97 Å². The third kappa shape index (κ3) is 4.32. The Hall–Kier alpha value is -3.00. The van der Waals surface area contributed by atoms with Crippen LogP contribution in [0.4, 0.5) is 0 Å². The lowest BCUT2D eigenvalue weighted by Gasteiger charge is -2.15. The van der Waals surface area contributed by atoms with Gasteiger partial charge in [0.15, 0.2) is 0 Å². The summed E-state index contributed by atoms with van der Waals surface area (Å²) in [5.41, 5.74) is 1.50. The minimum absolute atomic E-state index is 0.0782. The Bertz CT molecular complexity index is 1420. The van der Waals surface area contributed by atoms with Crippen LogP contribution in [0.2, 0.25) is 0 Å². The van der Waals surface area contributed by atoms with Crippen LogP contribution in [0.15, 0.2) is 65.6 Å². The maximum Gasteiger partial charge on any atom is 0.333 e. The summed E-state index contributed by atoms with van der Waals surface area (Å²) in [4.78, 5) is 11.3. The highest BCUT2D eigenvalue weighted by molar-refractivity contribution is 7.86. The van der Waals surface area contributed by atoms with Crippen molar-refractivity contribution in [3.05, 3.63) is 66.2 Å². The van der Waals surface area contributed by atoms with Gasteiger partial charge in [-0.15, -0.1) is 0 Å². The van der Waals surface area contributed by atoms with Gasteiger partial charge < -0.3 is 9.47 Å². The number of benzene rings is 4. The third-order valence-electron chi connectivity index (χ3n) is 5.54. The second kappa shape index (κ2) is 8.86. The van der Waals surface area contributed by atoms with Crippen molar-refractivity contribution >= 4 is 48.4 Å². The molecule has 7 heteroatoms. The summed E-state index contributed by atoms with van der Waals surface area (Å²) in [6, 6.07) is 15.0. The van der Waals surface area contributed by atoms with Crippen LogP contribution < -0.4 is 0 Å². The minimum Gasteiger partial charge on any atom is -0.460 e. The molecule has 0 aliphatic carbocycles. The van der Waals surface area contributed by atoms with Crippen molar-refractivity contribution in [2.24, 2.45) is 0 Å². The van der Waals surface area contributed by atoms with E-state index in [1.54, 1.807) is 19.1 Å². The summed E-state index contributed by atoms with van der Waals surface area (Å²) in [7, 11) is -4.33. The molecule has 0 amide bonds. The number of rotatable bonds is 9. The molecular weight excluding hydrogens is 428 g/mol. The van der Waals surface area contributed by atoms with Crippen LogP contribution >= 0.6 is 0 Å². The first-order valence-electron chi connectivity index (χ1n) is 10.3. The average Bonchev–Trinajstić information content (AvgIpc) is 2.76. The fourth-order valence-electron chi connectivity index (χ4n) is 4.06. The Morgan fingerprint density at radius 3 is 2.22 bits per heavy atom. The molecule has 0 atom stereocenters. The van der Waals surface area contributed by atoms with Gasteiger partial charge in [-0.25, -0.2) is 4.79 Å². The molecule has 0 bridgehead atoms. The first kappa shape index (κ1) is 22.2. The molecule has 166 valence electrons. The Morgan fingerprint density at radius 1 is 0.906 bits per heavy atom. The zero-order valence-electron chi connectivity index (χ0n) is 17.8. The van der Waals surface area contributed by atoms with Crippen molar-refractivity contribution in [3.63, 3.8) is 0 Å². The van der Waals surface area contributed by atoms with E-state index in [-0.39, 0.29) is 11.5 Å². The molecule has 1 N–H and O–H groups in total. The van der Waals surface area contributed by atoms with Crippen molar-refractivity contribution in [1.29, 1.82) is 0 Å². The predicted molar refractivity (Wildman–Crippen MR) is 125 cm³/mol. The molecule has 6 nitrogen and oxygen atoms in total. The van der Waals surface area contributed by atoms with Crippen LogP contribution in [-0.2, 0) is 30.8 Å². The number of esters is 1. The van der Waals surface area contributed by atoms with Crippen LogP contribution in [0, 0.1) is 0 Å². The molecule has 0 saturated heterocycles. The van der Waals surface area contributed by atoms with Gasteiger partial charge in [-0.2, -0.15) is 8.42 Å². The quantitative estimate of drug-likeness (QED) is 0.128. The summed E-state index contributed by atoms with van der Waals surface area (Å²) in [5.74, 6) is -0.417. The van der Waals surface area contributed by atoms with E-state index in [9.17, 15) is 17.8 Å². The monoisotopic (exact) mass is 452 g/mol. The molecule has 0 spiro atoms. The first-order valence-corrected chi connectivity index (χ1v) is 11.8. The van der Waals surface area contributed by atoms with E-state index in [2.05, 4.69) is 12.6 Å². The summed E-state index contributed by atoms with van der Waals surface area (Å²) in [6.45, 7) is 6.18. The van der Waals surface area contributed by atoms with E-state index in [4.69, 9.17) is 9.47 Å². The summed E-state index contributed by atoms with van der Waals surface area (Å²) >= 11 is 0. The van der Waals surface area contributed by atoms with Crippen LogP contribution in [0.3, 0.4) is 0 Å². The molecule has 0 unspecified atom stereocenters. The number of hydrogen-bond donors (Lipinski definition) is 1. The highest BCUT2D eigenvalue weighted by Crippen LogP contribution is 2.38. The van der Waals surface area contributed by atoms with Gasteiger partial charge in [-0.1, -0.05) is 49.0 Å². The normalized spacial score (nSPS) is 12.1. The van der Waals surface area contributed by atoms with Gasteiger partial charge in [-0.3, -0.25) is 4.55 Å². The lowest BCUT2D eigenvalue weighted by atomic mass is 9.91. The van der Waals surface area contributed by atoms with Gasteiger partial charge in [0.25, 0.3) is 10.1 Å². The average molecular weight is 453 g/mol. The maximum atomic E-state index is 11.9. The maximum absolute atomic E-state index is 11.9. The SMILES string of the molecule is C=C(C)C(=O)OCCOCCCc1ccc2ccc3ccc(S(=O)(=O)O)c4ccc1c2c34. The molecule has 4 aromatic carbocycles. The van der Waals surface area contributed by atoms with E-state index in [1.165, 1.54) is 6.07 Å². The second-order valence-electron chi connectivity index (χ2n) is 7.82. The second-order valence-corrected chi connectivity index (χ2v) is 9.21. The Balaban J connectivity index is 1.54. The topological polar surface area (TPSA) is 89.9 Å². The molecule has 0 aliphatic rings. The van der Waals surface area contributed by atoms with Gasteiger partial charge in [-0.05, 0) is 58.3 Å². The van der Waals surface area contributed by atoms with Crippen LogP contribution in [0.25, 0.3) is 32.3 Å². The molecule has 0 aliphatic heterocycles. The van der Waals surface area contributed by atoms with Crippen LogP contribution in [0.5, 0.6) is 0 Å². The molecule has 0 radical (unpaired) electrons. The number of aryl methyl sites for hydroxylation is 1. The van der Waals surface area contributed by atoms with E-state index in [1.807, 2.05) is 24.3 Å². The predicted octanol–water partition coefficient (Wildman–Crippen LogP) is 4.90. The van der Waals surface area contributed by atoms with Crippen molar-refractivity contribution in [3.8, 4) is 0 Å². The van der Waals surface area contributed by atoms with Crippen molar-refractivity contribution in [1.82, 2.24) is 0 Å². The Kier molecular flexibility index (Phi) is 6.15. The zero-order valence-corrected chi connectivity index (χ0v) is 18.6. The minimum atomic E-state index is -4.33. The fraction of sp³-hybridized carbons (Fsp3) is 0.240. The molecular formula is C25H24O6S. The van der Waals surface area contributed by atoms with Gasteiger partial charge in [0, 0.05) is 17.6 Å². The zero-order chi connectivity index (χ0) is 22.9. The van der Waals surface area contributed by atoms with Gasteiger partial charge in [0.05, 0.1) is 6.61 Å². The third-order valence-corrected chi connectivity index (χ3v) is 6.45. The molecule has 32 heavy (non-hydrogen) atoms. The molecule has 0 heterocycles. The van der Waals surface area contributed by atoms with Gasteiger partial charge in [0.2, 0.25) is 0 Å². The number of hydrogen-bond acceptors (Lipinski definition) is 5. The van der Waals surface area contributed by atoms with Crippen molar-refractivity contribution < 1.29 is 27.2 Å². The van der Waals surface area contributed by atoms with Gasteiger partial charge in [0.1, 0.15) is 11.5 Å². The lowest BCUT2D eigenvalue weighted by Crippen LogP contribution is -2.11. The van der Waals surface area contributed by atoms with Crippen molar-refractivity contribution in [2.75, 3.05) is 19.8 Å². The van der Waals surface area contributed by atoms with Crippen LogP contribution in [-0.4, -0.2) is 38.8 Å². The van der Waals surface area contributed by atoms with Crippen LogP contribution in [0.1, 0.15) is 18.9 Å². The number of carbonyl (C=O) groups is 1. The number of carbonyl (C=O) groups excluding carboxylic acids is 1. The lowest BCUT2D eigenvalue weighted by molar-refractivity contribution is -0.140. The standard InChI is InChI=1S/C25H24O6S/c1-16(2)25(26)31-15-14-30-13-3-4-17-5-6-18-7-8-19-9-12-22(32(27,28)29)21-11-10-20(17)23(18)24(19)21/h5-12H,1,3-4,13-15H2,2H3,(H,27,28,29). The highest BCUT2D eigenvalue weighted by Gasteiger charge is 2.18. The van der Waals surface area contributed by atoms with E-state index >= 15 is 0 Å². The molecule has 0 saturated carbocycles. The summed E-state index contributed by atoms with van der Waals surface area (Å²) in [6.07, 6.45) is 1.57. The van der Waals surface area contributed by atoms with E-state index < -0.39 is 16.1 Å². The van der Waals surface area contributed by atoms with E-state index in [0.29, 0.717) is 24.2 Å². The molecule has 4 rings (SSSR count). The molecule has 4 aromatic rings. The van der Waals surface area contributed by atoms with Crippen molar-refractivity contribution in [2.45, 2.75) is 24.7 Å². The smallest absolute Gasteiger partial charge is 0.333 e. The summed E-state index contributed by atoms with van der Waals surface area (Å²) < 4.78 is 44.0. The summed E-state index contributed by atoms with van der Waals surface area (Å²) in [5, 5.41) is 5.36.